The highest BCUT2D eigenvalue weighted by atomic mass is 16.5. The molecular weight excluding hydrogens is 226 g/mol. The Labute approximate surface area is 110 Å². The molecule has 1 aromatic carbocycles. The summed E-state index contributed by atoms with van der Waals surface area (Å²) in [5, 5.41) is 3.43. The van der Waals surface area contributed by atoms with E-state index in [4.69, 9.17) is 9.47 Å². The Balaban J connectivity index is 2.20. The molecule has 0 saturated carbocycles. The van der Waals surface area contributed by atoms with Gasteiger partial charge in [-0.3, -0.25) is 0 Å². The number of methoxy groups -OCH3 is 1. The molecule has 0 aliphatic heterocycles. The van der Waals surface area contributed by atoms with Gasteiger partial charge in [0, 0.05) is 20.3 Å². The van der Waals surface area contributed by atoms with Crippen molar-refractivity contribution in [3.8, 4) is 5.75 Å². The van der Waals surface area contributed by atoms with Gasteiger partial charge < -0.3 is 14.8 Å². The molecule has 0 bridgehead atoms. The summed E-state index contributed by atoms with van der Waals surface area (Å²) in [5.74, 6) is 0.968. The smallest absolute Gasteiger partial charge is 0.119 e. The van der Waals surface area contributed by atoms with Crippen LogP contribution < -0.4 is 10.1 Å². The molecule has 0 radical (unpaired) electrons. The van der Waals surface area contributed by atoms with Crippen molar-refractivity contribution in [2.45, 2.75) is 32.7 Å². The van der Waals surface area contributed by atoms with Gasteiger partial charge in [-0.05, 0) is 43.5 Å². The van der Waals surface area contributed by atoms with Gasteiger partial charge in [0.05, 0.1) is 6.61 Å². The van der Waals surface area contributed by atoms with Crippen molar-refractivity contribution in [1.29, 1.82) is 0 Å². The fourth-order valence-electron chi connectivity index (χ4n) is 1.69. The van der Waals surface area contributed by atoms with Crippen molar-refractivity contribution in [2.75, 3.05) is 26.9 Å². The maximum atomic E-state index is 5.61. The molecule has 0 amide bonds. The maximum Gasteiger partial charge on any atom is 0.119 e. The molecule has 1 rings (SSSR count). The van der Waals surface area contributed by atoms with Crippen LogP contribution >= 0.6 is 0 Å². The number of benzene rings is 1. The van der Waals surface area contributed by atoms with Crippen LogP contribution in [0, 0.1) is 0 Å². The van der Waals surface area contributed by atoms with Gasteiger partial charge in [0.25, 0.3) is 0 Å². The minimum absolute atomic E-state index is 0.786. The highest BCUT2D eigenvalue weighted by Crippen LogP contribution is 2.13. The lowest BCUT2D eigenvalue weighted by Gasteiger charge is -2.08. The third-order valence-electron chi connectivity index (χ3n) is 2.65. The van der Waals surface area contributed by atoms with E-state index in [-0.39, 0.29) is 0 Å². The summed E-state index contributed by atoms with van der Waals surface area (Å²) >= 11 is 0. The van der Waals surface area contributed by atoms with Crippen LogP contribution in [0.1, 0.15) is 31.7 Å². The number of rotatable bonds is 10. The molecule has 1 N–H and O–H groups in total. The van der Waals surface area contributed by atoms with Crippen LogP contribution in [-0.2, 0) is 11.3 Å². The van der Waals surface area contributed by atoms with Crippen LogP contribution in [0.4, 0.5) is 0 Å². The Hall–Kier alpha value is -1.06. The van der Waals surface area contributed by atoms with E-state index in [2.05, 4.69) is 24.4 Å². The van der Waals surface area contributed by atoms with Crippen molar-refractivity contribution < 1.29 is 9.47 Å². The molecule has 0 spiro atoms. The third kappa shape index (κ3) is 6.62. The van der Waals surface area contributed by atoms with Crippen molar-refractivity contribution >= 4 is 0 Å². The maximum absolute atomic E-state index is 5.61. The second kappa shape index (κ2) is 9.92. The summed E-state index contributed by atoms with van der Waals surface area (Å²) in [7, 11) is 1.75. The van der Waals surface area contributed by atoms with Crippen LogP contribution in [0.25, 0.3) is 0 Å². The zero-order chi connectivity index (χ0) is 13.1. The van der Waals surface area contributed by atoms with Crippen LogP contribution in [0.5, 0.6) is 5.75 Å². The lowest BCUT2D eigenvalue weighted by atomic mass is 10.2. The quantitative estimate of drug-likeness (QED) is 0.648. The SMILES string of the molecule is CCCOc1cccc(CNCCCCOC)c1. The molecule has 102 valence electrons. The molecule has 1 aromatic rings. The molecule has 0 aromatic heterocycles. The number of unbranched alkanes of at least 4 members (excludes halogenated alkanes) is 1. The minimum atomic E-state index is 0.786. The Kier molecular flexibility index (Phi) is 8.26. The molecular formula is C15H25NO2. The van der Waals surface area contributed by atoms with Gasteiger partial charge >= 0.3 is 0 Å². The van der Waals surface area contributed by atoms with Crippen molar-refractivity contribution in [2.24, 2.45) is 0 Å². The molecule has 3 nitrogen and oxygen atoms in total. The summed E-state index contributed by atoms with van der Waals surface area (Å²) in [6, 6.07) is 8.30. The lowest BCUT2D eigenvalue weighted by molar-refractivity contribution is 0.192. The first-order chi connectivity index (χ1) is 8.86. The number of hydrogen-bond donors (Lipinski definition) is 1. The topological polar surface area (TPSA) is 30.5 Å². The second-order valence-electron chi connectivity index (χ2n) is 4.37. The number of ether oxygens (including phenoxy) is 2. The molecule has 0 aliphatic carbocycles. The first-order valence-electron chi connectivity index (χ1n) is 6.78. The first kappa shape index (κ1) is 15.0. The Morgan fingerprint density at radius 2 is 2.06 bits per heavy atom. The minimum Gasteiger partial charge on any atom is -0.494 e. The summed E-state index contributed by atoms with van der Waals surface area (Å²) < 4.78 is 10.6. The Bertz CT molecular complexity index is 315. The van der Waals surface area contributed by atoms with Gasteiger partial charge in [-0.25, -0.2) is 0 Å². The van der Waals surface area contributed by atoms with E-state index in [9.17, 15) is 0 Å². The highest BCUT2D eigenvalue weighted by molar-refractivity contribution is 5.28. The fourth-order valence-corrected chi connectivity index (χ4v) is 1.69. The summed E-state index contributed by atoms with van der Waals surface area (Å²) in [6.45, 7) is 5.68. The zero-order valence-electron chi connectivity index (χ0n) is 11.6. The van der Waals surface area contributed by atoms with E-state index in [0.29, 0.717) is 0 Å². The molecule has 0 saturated heterocycles. The lowest BCUT2D eigenvalue weighted by Crippen LogP contribution is -2.15. The van der Waals surface area contributed by atoms with Gasteiger partial charge in [0.2, 0.25) is 0 Å². The van der Waals surface area contributed by atoms with Crippen LogP contribution in [0.2, 0.25) is 0 Å². The van der Waals surface area contributed by atoms with Gasteiger partial charge in [-0.1, -0.05) is 19.1 Å². The predicted molar refractivity (Wildman–Crippen MR) is 75.0 cm³/mol. The fraction of sp³-hybridized carbons (Fsp3) is 0.600. The van der Waals surface area contributed by atoms with Crippen molar-refractivity contribution in [1.82, 2.24) is 5.32 Å². The molecule has 0 fully saturated rings. The van der Waals surface area contributed by atoms with Crippen LogP contribution in [-0.4, -0.2) is 26.9 Å². The van der Waals surface area contributed by atoms with E-state index in [1.165, 1.54) is 5.56 Å². The molecule has 18 heavy (non-hydrogen) atoms. The van der Waals surface area contributed by atoms with Gasteiger partial charge in [-0.2, -0.15) is 0 Å². The average molecular weight is 251 g/mol. The Morgan fingerprint density at radius 3 is 2.83 bits per heavy atom. The monoisotopic (exact) mass is 251 g/mol. The second-order valence-corrected chi connectivity index (χ2v) is 4.37. The largest absolute Gasteiger partial charge is 0.494 e. The molecule has 0 unspecified atom stereocenters. The Morgan fingerprint density at radius 1 is 1.17 bits per heavy atom. The van der Waals surface area contributed by atoms with Crippen LogP contribution in [0.3, 0.4) is 0 Å². The van der Waals surface area contributed by atoms with E-state index in [0.717, 1.165) is 51.3 Å². The third-order valence-corrected chi connectivity index (χ3v) is 2.65. The molecule has 0 aliphatic rings. The normalized spacial score (nSPS) is 10.6. The van der Waals surface area contributed by atoms with Gasteiger partial charge in [0.15, 0.2) is 0 Å². The first-order valence-corrected chi connectivity index (χ1v) is 6.78. The van der Waals surface area contributed by atoms with E-state index in [1.807, 2.05) is 12.1 Å². The summed E-state index contributed by atoms with van der Waals surface area (Å²) in [5.41, 5.74) is 1.27. The molecule has 0 atom stereocenters. The summed E-state index contributed by atoms with van der Waals surface area (Å²) in [6.07, 6.45) is 3.31. The zero-order valence-corrected chi connectivity index (χ0v) is 11.6. The van der Waals surface area contributed by atoms with Gasteiger partial charge in [0.1, 0.15) is 5.75 Å². The summed E-state index contributed by atoms with van der Waals surface area (Å²) in [4.78, 5) is 0. The van der Waals surface area contributed by atoms with E-state index < -0.39 is 0 Å². The van der Waals surface area contributed by atoms with Gasteiger partial charge in [-0.15, -0.1) is 0 Å². The molecule has 0 heterocycles. The standard InChI is InChI=1S/C15H25NO2/c1-3-10-18-15-8-6-7-14(12-15)13-16-9-4-5-11-17-2/h6-8,12,16H,3-5,9-11,13H2,1-2H3. The van der Waals surface area contributed by atoms with E-state index >= 15 is 0 Å². The molecule has 3 heteroatoms. The van der Waals surface area contributed by atoms with Crippen molar-refractivity contribution in [3.05, 3.63) is 29.8 Å². The van der Waals surface area contributed by atoms with E-state index in [1.54, 1.807) is 7.11 Å². The van der Waals surface area contributed by atoms with Crippen LogP contribution in [0.15, 0.2) is 24.3 Å². The average Bonchev–Trinajstić information content (AvgIpc) is 2.41. The number of nitrogens with one attached hydrogen (secondary N) is 1. The number of hydrogen-bond acceptors (Lipinski definition) is 3. The van der Waals surface area contributed by atoms with Crippen molar-refractivity contribution in [3.63, 3.8) is 0 Å². The highest BCUT2D eigenvalue weighted by Gasteiger charge is 1.96. The predicted octanol–water partition coefficient (Wildman–Crippen LogP) is 2.99.